The van der Waals surface area contributed by atoms with Gasteiger partial charge in [0.2, 0.25) is 5.91 Å². The van der Waals surface area contributed by atoms with Crippen LogP contribution >= 0.6 is 23.4 Å². The zero-order valence-corrected chi connectivity index (χ0v) is 19.2. The molecule has 0 aromatic heterocycles. The fourth-order valence-electron chi connectivity index (χ4n) is 3.71. The number of nitrogens with zero attached hydrogens (tertiary/aromatic N) is 3. The Kier molecular flexibility index (Phi) is 6.65. The van der Waals surface area contributed by atoms with Gasteiger partial charge >= 0.3 is 0 Å². The van der Waals surface area contributed by atoms with E-state index in [1.54, 1.807) is 25.3 Å². The standard InChI is InChI=1S/C23H25ClN4O2S/c1-28-12-10-23(11-13-28)26-21(16-6-4-3-5-7-16)22(27-23)31-15-20(29)25-18-14-17(24)8-9-19(18)30-2/h3-9,14H,10-13,15H2,1-2H3,(H,25,29). The van der Waals surface area contributed by atoms with Gasteiger partial charge in [-0.2, -0.15) is 0 Å². The van der Waals surface area contributed by atoms with E-state index in [-0.39, 0.29) is 11.7 Å². The molecule has 6 nitrogen and oxygen atoms in total. The number of hydrogen-bond acceptors (Lipinski definition) is 6. The Morgan fingerprint density at radius 1 is 1.19 bits per heavy atom. The summed E-state index contributed by atoms with van der Waals surface area (Å²) in [4.78, 5) is 25.1. The van der Waals surface area contributed by atoms with E-state index in [9.17, 15) is 4.79 Å². The smallest absolute Gasteiger partial charge is 0.234 e. The summed E-state index contributed by atoms with van der Waals surface area (Å²) in [6.07, 6.45) is 1.77. The molecule has 1 N–H and O–H groups in total. The number of amides is 1. The third kappa shape index (κ3) is 5.11. The zero-order valence-electron chi connectivity index (χ0n) is 17.6. The molecule has 2 aliphatic rings. The van der Waals surface area contributed by atoms with Crippen molar-refractivity contribution in [3.05, 3.63) is 59.1 Å². The topological polar surface area (TPSA) is 66.3 Å². The molecular formula is C23H25ClN4O2S. The van der Waals surface area contributed by atoms with Crippen molar-refractivity contribution < 1.29 is 9.53 Å². The molecule has 8 heteroatoms. The van der Waals surface area contributed by atoms with Crippen molar-refractivity contribution in [3.8, 4) is 5.75 Å². The number of hydrogen-bond donors (Lipinski definition) is 1. The Bertz CT molecular complexity index is 1020. The number of carbonyl (C=O) groups excluding carboxylic acids is 1. The molecule has 162 valence electrons. The quantitative estimate of drug-likeness (QED) is 0.726. The number of anilines is 1. The molecule has 0 saturated carbocycles. The minimum Gasteiger partial charge on any atom is -0.495 e. The Balaban J connectivity index is 1.50. The molecule has 0 aliphatic carbocycles. The summed E-state index contributed by atoms with van der Waals surface area (Å²) >= 11 is 7.49. The molecule has 2 aromatic carbocycles. The summed E-state index contributed by atoms with van der Waals surface area (Å²) in [7, 11) is 3.68. The summed E-state index contributed by atoms with van der Waals surface area (Å²) < 4.78 is 5.31. The first-order valence-corrected chi connectivity index (χ1v) is 11.5. The minimum atomic E-state index is -0.410. The van der Waals surface area contributed by atoms with Crippen LogP contribution in [0.25, 0.3) is 0 Å². The molecular weight excluding hydrogens is 432 g/mol. The predicted molar refractivity (Wildman–Crippen MR) is 129 cm³/mol. The lowest BCUT2D eigenvalue weighted by atomic mass is 9.99. The number of thioether (sulfide) groups is 1. The summed E-state index contributed by atoms with van der Waals surface area (Å²) in [5.74, 6) is 0.638. The fourth-order valence-corrected chi connectivity index (χ4v) is 4.75. The van der Waals surface area contributed by atoms with Crippen LogP contribution in [0.5, 0.6) is 5.75 Å². The number of halogens is 1. The van der Waals surface area contributed by atoms with Crippen LogP contribution in [0.3, 0.4) is 0 Å². The monoisotopic (exact) mass is 456 g/mol. The highest BCUT2D eigenvalue weighted by molar-refractivity contribution is 8.16. The maximum atomic E-state index is 12.7. The average Bonchev–Trinajstić information content (AvgIpc) is 3.14. The highest BCUT2D eigenvalue weighted by Gasteiger charge is 2.39. The van der Waals surface area contributed by atoms with Gasteiger partial charge in [0, 0.05) is 36.5 Å². The summed E-state index contributed by atoms with van der Waals surface area (Å²) in [5, 5.41) is 4.24. The van der Waals surface area contributed by atoms with Crippen LogP contribution in [-0.2, 0) is 4.79 Å². The second-order valence-electron chi connectivity index (χ2n) is 7.71. The number of benzene rings is 2. The lowest BCUT2D eigenvalue weighted by molar-refractivity contribution is -0.113. The minimum absolute atomic E-state index is 0.148. The number of nitrogens with one attached hydrogen (secondary N) is 1. The van der Waals surface area contributed by atoms with E-state index >= 15 is 0 Å². The van der Waals surface area contributed by atoms with E-state index in [1.807, 2.05) is 30.3 Å². The molecule has 1 saturated heterocycles. The van der Waals surface area contributed by atoms with Gasteiger partial charge in [-0.1, -0.05) is 53.7 Å². The second-order valence-corrected chi connectivity index (χ2v) is 9.11. The van der Waals surface area contributed by atoms with E-state index in [2.05, 4.69) is 17.3 Å². The third-order valence-electron chi connectivity index (χ3n) is 5.44. The third-order valence-corrected chi connectivity index (χ3v) is 6.64. The van der Waals surface area contributed by atoms with Crippen LogP contribution in [0, 0.1) is 0 Å². The molecule has 0 atom stereocenters. The van der Waals surface area contributed by atoms with Crippen LogP contribution < -0.4 is 10.1 Å². The Morgan fingerprint density at radius 3 is 2.65 bits per heavy atom. The molecule has 2 aliphatic heterocycles. The van der Waals surface area contributed by atoms with Gasteiger partial charge in [0.25, 0.3) is 0 Å². The highest BCUT2D eigenvalue weighted by atomic mass is 35.5. The Labute approximate surface area is 191 Å². The number of aliphatic imine (C=N–C) groups is 2. The lowest BCUT2D eigenvalue weighted by Crippen LogP contribution is -2.39. The van der Waals surface area contributed by atoms with E-state index in [4.69, 9.17) is 26.3 Å². The largest absolute Gasteiger partial charge is 0.495 e. The molecule has 2 aromatic rings. The van der Waals surface area contributed by atoms with Crippen LogP contribution in [0.15, 0.2) is 58.5 Å². The molecule has 1 spiro atoms. The normalized spacial score (nSPS) is 17.9. The van der Waals surface area contributed by atoms with Gasteiger partial charge in [-0.3, -0.25) is 9.79 Å². The zero-order chi connectivity index (χ0) is 21.8. The van der Waals surface area contributed by atoms with Crippen LogP contribution in [0.2, 0.25) is 5.02 Å². The molecule has 0 radical (unpaired) electrons. The molecule has 31 heavy (non-hydrogen) atoms. The molecule has 0 bridgehead atoms. The number of ether oxygens (including phenoxy) is 1. The number of carbonyl (C=O) groups is 1. The molecule has 4 rings (SSSR count). The molecule has 0 unspecified atom stereocenters. The van der Waals surface area contributed by atoms with E-state index in [0.717, 1.165) is 42.3 Å². The van der Waals surface area contributed by atoms with Crippen molar-refractivity contribution in [1.29, 1.82) is 0 Å². The van der Waals surface area contributed by atoms with Crippen molar-refractivity contribution in [2.75, 3.05) is 38.3 Å². The maximum absolute atomic E-state index is 12.7. The maximum Gasteiger partial charge on any atom is 0.234 e. The SMILES string of the molecule is COc1ccc(Cl)cc1NC(=O)CSC1=NC2(CCN(C)CC2)N=C1c1ccccc1. The summed E-state index contributed by atoms with van der Waals surface area (Å²) in [6.45, 7) is 1.92. The van der Waals surface area contributed by atoms with Crippen LogP contribution in [0.4, 0.5) is 5.69 Å². The number of piperidine rings is 1. The van der Waals surface area contributed by atoms with E-state index in [1.165, 1.54) is 11.8 Å². The van der Waals surface area contributed by atoms with Crippen molar-refractivity contribution >= 4 is 45.7 Å². The highest BCUT2D eigenvalue weighted by Crippen LogP contribution is 2.35. The van der Waals surface area contributed by atoms with E-state index in [0.29, 0.717) is 16.5 Å². The van der Waals surface area contributed by atoms with Crippen molar-refractivity contribution in [3.63, 3.8) is 0 Å². The van der Waals surface area contributed by atoms with Crippen LogP contribution in [-0.4, -0.2) is 60.2 Å². The second kappa shape index (κ2) is 9.42. The molecule has 1 amide bonds. The number of rotatable bonds is 5. The van der Waals surface area contributed by atoms with Gasteiger partial charge < -0.3 is 15.0 Å². The Morgan fingerprint density at radius 2 is 1.94 bits per heavy atom. The Hall–Kier alpha value is -2.35. The van der Waals surface area contributed by atoms with Crippen LogP contribution in [0.1, 0.15) is 18.4 Å². The summed E-state index contributed by atoms with van der Waals surface area (Å²) in [6, 6.07) is 15.2. The summed E-state index contributed by atoms with van der Waals surface area (Å²) in [5.41, 5.74) is 2.05. The number of methoxy groups -OCH3 is 1. The van der Waals surface area contributed by atoms with Gasteiger partial charge in [-0.05, 0) is 25.2 Å². The van der Waals surface area contributed by atoms with Gasteiger partial charge in [0.15, 0.2) is 5.66 Å². The first-order valence-electron chi connectivity index (χ1n) is 10.2. The van der Waals surface area contributed by atoms with Gasteiger partial charge in [0.05, 0.1) is 24.3 Å². The first kappa shape index (κ1) is 21.9. The van der Waals surface area contributed by atoms with Gasteiger partial charge in [-0.25, -0.2) is 4.99 Å². The number of likely N-dealkylation sites (tertiary alicyclic amines) is 1. The first-order chi connectivity index (χ1) is 15.0. The van der Waals surface area contributed by atoms with Gasteiger partial charge in [0.1, 0.15) is 10.8 Å². The lowest BCUT2D eigenvalue weighted by Gasteiger charge is -2.33. The molecule has 2 heterocycles. The van der Waals surface area contributed by atoms with Crippen molar-refractivity contribution in [2.24, 2.45) is 9.98 Å². The van der Waals surface area contributed by atoms with Gasteiger partial charge in [-0.15, -0.1) is 0 Å². The fraction of sp³-hybridized carbons (Fsp3) is 0.348. The predicted octanol–water partition coefficient (Wildman–Crippen LogP) is 4.34. The van der Waals surface area contributed by atoms with Crippen molar-refractivity contribution in [2.45, 2.75) is 18.5 Å². The average molecular weight is 457 g/mol. The van der Waals surface area contributed by atoms with Crippen molar-refractivity contribution in [1.82, 2.24) is 4.90 Å². The molecule has 1 fully saturated rings. The van der Waals surface area contributed by atoms with E-state index < -0.39 is 5.66 Å².